The number of ether oxygens (including phenoxy) is 1. The van der Waals surface area contributed by atoms with Gasteiger partial charge in [0.2, 0.25) is 5.91 Å². The number of carbonyl (C=O) groups excluding carboxylic acids is 1. The zero-order chi connectivity index (χ0) is 14.4. The van der Waals surface area contributed by atoms with E-state index >= 15 is 0 Å². The summed E-state index contributed by atoms with van der Waals surface area (Å²) in [5.74, 6) is -0.0530. The number of hydrogen-bond donors (Lipinski definition) is 2. The molecule has 0 bridgehead atoms. The summed E-state index contributed by atoms with van der Waals surface area (Å²) in [6, 6.07) is 5.47. The minimum absolute atomic E-state index is 0.0530. The largest absolute Gasteiger partial charge is 0.378 e. The molecule has 5 heteroatoms. The van der Waals surface area contributed by atoms with Gasteiger partial charge in [-0.25, -0.2) is 0 Å². The van der Waals surface area contributed by atoms with Crippen molar-refractivity contribution in [3.05, 3.63) is 28.8 Å². The molecular weight excluding hydrogens is 276 g/mol. The molecule has 1 fully saturated rings. The first-order chi connectivity index (χ1) is 9.65. The van der Waals surface area contributed by atoms with Gasteiger partial charge in [0.05, 0.1) is 12.6 Å². The lowest BCUT2D eigenvalue weighted by atomic mass is 10.2. The summed E-state index contributed by atoms with van der Waals surface area (Å²) in [7, 11) is 0. The van der Waals surface area contributed by atoms with Gasteiger partial charge in [0, 0.05) is 17.3 Å². The van der Waals surface area contributed by atoms with Crippen molar-refractivity contribution < 1.29 is 9.53 Å². The molecule has 1 aliphatic rings. The molecule has 2 N–H and O–H groups in total. The van der Waals surface area contributed by atoms with E-state index in [1.807, 2.05) is 19.1 Å². The molecule has 1 saturated heterocycles. The Morgan fingerprint density at radius 1 is 1.50 bits per heavy atom. The van der Waals surface area contributed by atoms with Gasteiger partial charge in [-0.05, 0) is 50.4 Å². The normalized spacial score (nSPS) is 18.2. The lowest BCUT2D eigenvalue weighted by molar-refractivity contribution is -0.115. The third-order valence-corrected chi connectivity index (χ3v) is 3.66. The van der Waals surface area contributed by atoms with E-state index in [0.717, 1.165) is 43.7 Å². The Morgan fingerprint density at radius 2 is 2.35 bits per heavy atom. The number of nitrogens with one attached hydrogen (secondary N) is 2. The van der Waals surface area contributed by atoms with Crippen LogP contribution in [0.4, 0.5) is 5.69 Å². The summed E-state index contributed by atoms with van der Waals surface area (Å²) in [5.41, 5.74) is 1.77. The van der Waals surface area contributed by atoms with Crippen LogP contribution in [0.5, 0.6) is 0 Å². The Balaban J connectivity index is 1.68. The van der Waals surface area contributed by atoms with Gasteiger partial charge in [0.15, 0.2) is 0 Å². The van der Waals surface area contributed by atoms with E-state index in [4.69, 9.17) is 16.3 Å². The summed E-state index contributed by atoms with van der Waals surface area (Å²) in [5, 5.41) is 6.63. The van der Waals surface area contributed by atoms with E-state index in [-0.39, 0.29) is 5.91 Å². The zero-order valence-electron chi connectivity index (χ0n) is 11.7. The van der Waals surface area contributed by atoms with Crippen LogP contribution in [-0.4, -0.2) is 31.7 Å². The van der Waals surface area contributed by atoms with Crippen molar-refractivity contribution in [1.29, 1.82) is 0 Å². The Hall–Kier alpha value is -1.10. The smallest absolute Gasteiger partial charge is 0.238 e. The molecule has 0 radical (unpaired) electrons. The minimum Gasteiger partial charge on any atom is -0.378 e. The molecule has 1 aliphatic heterocycles. The van der Waals surface area contributed by atoms with Crippen molar-refractivity contribution in [2.75, 3.05) is 25.0 Å². The van der Waals surface area contributed by atoms with Gasteiger partial charge in [-0.3, -0.25) is 4.79 Å². The Labute approximate surface area is 124 Å². The maximum Gasteiger partial charge on any atom is 0.238 e. The van der Waals surface area contributed by atoms with Gasteiger partial charge < -0.3 is 15.4 Å². The van der Waals surface area contributed by atoms with E-state index in [1.165, 1.54) is 0 Å². The first-order valence-electron chi connectivity index (χ1n) is 7.03. The summed E-state index contributed by atoms with van der Waals surface area (Å²) < 4.78 is 5.53. The van der Waals surface area contributed by atoms with Gasteiger partial charge in [-0.2, -0.15) is 0 Å². The van der Waals surface area contributed by atoms with E-state index < -0.39 is 0 Å². The Kier molecular flexibility index (Phi) is 5.83. The van der Waals surface area contributed by atoms with Crippen LogP contribution in [0.25, 0.3) is 0 Å². The second-order valence-electron chi connectivity index (χ2n) is 5.11. The fourth-order valence-electron chi connectivity index (χ4n) is 2.26. The lowest BCUT2D eigenvalue weighted by Gasteiger charge is -2.11. The first-order valence-corrected chi connectivity index (χ1v) is 7.41. The summed E-state index contributed by atoms with van der Waals surface area (Å²) in [4.78, 5) is 11.8. The summed E-state index contributed by atoms with van der Waals surface area (Å²) in [6.45, 7) is 3.92. The molecule has 1 aromatic rings. The van der Waals surface area contributed by atoms with Crippen LogP contribution in [-0.2, 0) is 9.53 Å². The SMILES string of the molecule is Cc1ccc(Cl)cc1NC(=O)CNCCC1CCCO1. The van der Waals surface area contributed by atoms with Gasteiger partial charge in [-0.15, -0.1) is 0 Å². The highest BCUT2D eigenvalue weighted by Crippen LogP contribution is 2.19. The van der Waals surface area contributed by atoms with Crippen molar-refractivity contribution in [3.63, 3.8) is 0 Å². The molecule has 1 atom stereocenters. The van der Waals surface area contributed by atoms with Crippen LogP contribution in [0.3, 0.4) is 0 Å². The molecule has 0 saturated carbocycles. The predicted molar refractivity (Wildman–Crippen MR) is 81.3 cm³/mol. The number of rotatable bonds is 6. The van der Waals surface area contributed by atoms with Crippen molar-refractivity contribution in [2.24, 2.45) is 0 Å². The molecule has 20 heavy (non-hydrogen) atoms. The lowest BCUT2D eigenvalue weighted by Crippen LogP contribution is -2.30. The fraction of sp³-hybridized carbons (Fsp3) is 0.533. The standard InChI is InChI=1S/C15H21ClN2O2/c1-11-4-5-12(16)9-14(11)18-15(19)10-17-7-6-13-3-2-8-20-13/h4-5,9,13,17H,2-3,6-8,10H2,1H3,(H,18,19). The Bertz CT molecular complexity index is 459. The van der Waals surface area contributed by atoms with Gasteiger partial charge in [0.25, 0.3) is 0 Å². The fourth-order valence-corrected chi connectivity index (χ4v) is 2.43. The molecule has 1 amide bonds. The van der Waals surface area contributed by atoms with Crippen molar-refractivity contribution in [2.45, 2.75) is 32.3 Å². The van der Waals surface area contributed by atoms with Gasteiger partial charge in [0.1, 0.15) is 0 Å². The third-order valence-electron chi connectivity index (χ3n) is 3.43. The van der Waals surface area contributed by atoms with Crippen LogP contribution >= 0.6 is 11.6 Å². The average Bonchev–Trinajstić information content (AvgIpc) is 2.92. The number of aryl methyl sites for hydroxylation is 1. The van der Waals surface area contributed by atoms with E-state index in [1.54, 1.807) is 6.07 Å². The first kappa shape index (κ1) is 15.3. The molecule has 0 spiro atoms. The van der Waals surface area contributed by atoms with E-state index in [9.17, 15) is 4.79 Å². The summed E-state index contributed by atoms with van der Waals surface area (Å²) >= 11 is 5.92. The second kappa shape index (κ2) is 7.62. The number of benzene rings is 1. The highest BCUT2D eigenvalue weighted by Gasteiger charge is 2.14. The van der Waals surface area contributed by atoms with Crippen LogP contribution in [0.15, 0.2) is 18.2 Å². The predicted octanol–water partition coefficient (Wildman–Crippen LogP) is 2.75. The molecule has 4 nitrogen and oxygen atoms in total. The van der Waals surface area contributed by atoms with Crippen molar-refractivity contribution in [1.82, 2.24) is 5.32 Å². The number of amides is 1. The van der Waals surface area contributed by atoms with Crippen LogP contribution in [0, 0.1) is 6.92 Å². The maximum atomic E-state index is 11.8. The third kappa shape index (κ3) is 4.78. The topological polar surface area (TPSA) is 50.4 Å². The maximum absolute atomic E-state index is 11.8. The number of carbonyl (C=O) groups is 1. The molecule has 0 aromatic heterocycles. The molecule has 0 aliphatic carbocycles. The quantitative estimate of drug-likeness (QED) is 0.794. The van der Waals surface area contributed by atoms with Crippen LogP contribution in [0.1, 0.15) is 24.8 Å². The van der Waals surface area contributed by atoms with Crippen LogP contribution in [0.2, 0.25) is 5.02 Å². The van der Waals surface area contributed by atoms with E-state index in [2.05, 4.69) is 10.6 Å². The number of halogens is 1. The van der Waals surface area contributed by atoms with Gasteiger partial charge >= 0.3 is 0 Å². The molecule has 1 unspecified atom stereocenters. The van der Waals surface area contributed by atoms with Crippen molar-refractivity contribution >= 4 is 23.2 Å². The molecular formula is C15H21ClN2O2. The highest BCUT2D eigenvalue weighted by atomic mass is 35.5. The Morgan fingerprint density at radius 3 is 3.10 bits per heavy atom. The minimum atomic E-state index is -0.0530. The van der Waals surface area contributed by atoms with Gasteiger partial charge in [-0.1, -0.05) is 17.7 Å². The molecule has 1 aromatic carbocycles. The number of anilines is 1. The highest BCUT2D eigenvalue weighted by molar-refractivity contribution is 6.31. The molecule has 1 heterocycles. The molecule has 2 rings (SSSR count). The average molecular weight is 297 g/mol. The van der Waals surface area contributed by atoms with Crippen LogP contribution < -0.4 is 10.6 Å². The van der Waals surface area contributed by atoms with Crippen molar-refractivity contribution in [3.8, 4) is 0 Å². The molecule has 110 valence electrons. The summed E-state index contributed by atoms with van der Waals surface area (Å²) in [6.07, 6.45) is 3.61. The zero-order valence-corrected chi connectivity index (χ0v) is 12.5. The second-order valence-corrected chi connectivity index (χ2v) is 5.54. The van der Waals surface area contributed by atoms with E-state index in [0.29, 0.717) is 17.7 Å². The monoisotopic (exact) mass is 296 g/mol. The number of hydrogen-bond acceptors (Lipinski definition) is 3.